The average molecular weight is 597 g/mol. The van der Waals surface area contributed by atoms with Crippen molar-refractivity contribution in [3.8, 4) is 11.8 Å². The number of carbonyl (C=O) groups is 3. The largest absolute Gasteiger partial charge is 0.491 e. The first-order valence-electron chi connectivity index (χ1n) is 14.5. The fraction of sp³-hybridized carbons (Fsp3) is 0.324. The molecule has 1 aliphatic carbocycles. The number of carbonyl (C=O) groups excluding carboxylic acids is 3. The fourth-order valence-corrected chi connectivity index (χ4v) is 4.50. The quantitative estimate of drug-likeness (QED) is 0.195. The Kier molecular flexibility index (Phi) is 12.6. The maximum atomic E-state index is 12.1. The molecule has 2 fully saturated rings. The van der Waals surface area contributed by atoms with Crippen molar-refractivity contribution in [2.24, 2.45) is 11.1 Å². The van der Waals surface area contributed by atoms with Crippen molar-refractivity contribution in [1.82, 2.24) is 10.2 Å². The first-order chi connectivity index (χ1) is 21.2. The number of hydrogen-bond acceptors (Lipinski definition) is 8. The molecule has 2 amide bonds. The molecule has 10 heteroatoms. The average Bonchev–Trinajstić information content (AvgIpc) is 3.74. The number of nitrogens with two attached hydrogens (primary N) is 1. The number of amides is 2. The lowest BCUT2D eigenvalue weighted by Gasteiger charge is -2.17. The van der Waals surface area contributed by atoms with E-state index in [2.05, 4.69) is 16.7 Å². The van der Waals surface area contributed by atoms with Crippen molar-refractivity contribution in [2.45, 2.75) is 44.7 Å². The maximum Gasteiger partial charge on any atom is 0.240 e. The topological polar surface area (TPSA) is 161 Å². The van der Waals surface area contributed by atoms with E-state index in [-0.39, 0.29) is 30.5 Å². The molecule has 3 aromatic carbocycles. The minimum absolute atomic E-state index is 0.00463. The van der Waals surface area contributed by atoms with Gasteiger partial charge in [0.15, 0.2) is 0 Å². The number of nitrogens with one attached hydrogen (secondary N) is 3. The van der Waals surface area contributed by atoms with Crippen LogP contribution in [0.2, 0.25) is 0 Å². The lowest BCUT2D eigenvalue weighted by atomic mass is 10.1. The van der Waals surface area contributed by atoms with Gasteiger partial charge in [0.2, 0.25) is 11.8 Å². The Hall–Kier alpha value is -5.01. The molecule has 2 atom stereocenters. The van der Waals surface area contributed by atoms with E-state index < -0.39 is 5.41 Å². The normalized spacial score (nSPS) is 16.7. The summed E-state index contributed by atoms with van der Waals surface area (Å²) in [6.07, 6.45) is 5.25. The zero-order chi connectivity index (χ0) is 32.0. The van der Waals surface area contributed by atoms with Gasteiger partial charge in [0.05, 0.1) is 18.2 Å². The van der Waals surface area contributed by atoms with Crippen LogP contribution in [0.5, 0.6) is 5.75 Å². The van der Waals surface area contributed by atoms with Gasteiger partial charge in [0.1, 0.15) is 24.1 Å². The standard InChI is InChI=1S/C22H22N4O3.C6H12N2O.C6H6/c1-15(25-21(28)22(14-24)7-8-22)13-29-19-5-6-20(17(10-19)11-23)26-18-4-2-3-16(9-18)12-27;1-8-4-2-3-5(8)6(7)9;1-2-4-6-5-3-1/h2-6,9-12,15,23,26H,7-8,13H2,1H3,(H,25,28);5H,2-4H2,1H3,(H2,7,9);1-6H. The van der Waals surface area contributed by atoms with E-state index in [4.69, 9.17) is 21.1 Å². The van der Waals surface area contributed by atoms with Crippen LogP contribution in [0.15, 0.2) is 78.9 Å². The first kappa shape index (κ1) is 33.5. The number of anilines is 2. The highest BCUT2D eigenvalue weighted by molar-refractivity contribution is 5.89. The third kappa shape index (κ3) is 10.1. The number of nitriles is 1. The summed E-state index contributed by atoms with van der Waals surface area (Å²) in [6.45, 7) is 3.07. The van der Waals surface area contributed by atoms with Gasteiger partial charge in [0, 0.05) is 28.7 Å². The lowest BCUT2D eigenvalue weighted by molar-refractivity contribution is -0.125. The Labute approximate surface area is 258 Å². The molecule has 0 bridgehead atoms. The second-order valence-electron chi connectivity index (χ2n) is 10.8. The number of hydrogen-bond donors (Lipinski definition) is 4. The second-order valence-corrected chi connectivity index (χ2v) is 10.8. The summed E-state index contributed by atoms with van der Waals surface area (Å²) in [5.41, 5.74) is 6.89. The Morgan fingerprint density at radius 3 is 2.32 bits per heavy atom. The molecule has 0 spiro atoms. The molecule has 0 aromatic heterocycles. The highest BCUT2D eigenvalue weighted by Gasteiger charge is 2.50. The second kappa shape index (κ2) is 16.6. The Bertz CT molecular complexity index is 1420. The fourth-order valence-electron chi connectivity index (χ4n) is 4.50. The number of benzene rings is 3. The minimum atomic E-state index is -0.851. The Morgan fingerprint density at radius 1 is 1.14 bits per heavy atom. The van der Waals surface area contributed by atoms with E-state index in [0.29, 0.717) is 35.4 Å². The number of primary amides is 1. The zero-order valence-electron chi connectivity index (χ0n) is 25.2. The maximum absolute atomic E-state index is 12.1. The molecule has 5 N–H and O–H groups in total. The van der Waals surface area contributed by atoms with E-state index >= 15 is 0 Å². The van der Waals surface area contributed by atoms with Crippen LogP contribution >= 0.6 is 0 Å². The summed E-state index contributed by atoms with van der Waals surface area (Å²) in [4.78, 5) is 35.6. The molecule has 1 saturated heterocycles. The van der Waals surface area contributed by atoms with Crippen LogP contribution in [0, 0.1) is 22.2 Å². The summed E-state index contributed by atoms with van der Waals surface area (Å²) in [5, 5.41) is 22.8. The van der Waals surface area contributed by atoms with Gasteiger partial charge in [-0.1, -0.05) is 48.5 Å². The van der Waals surface area contributed by atoms with Gasteiger partial charge in [-0.3, -0.25) is 19.3 Å². The highest BCUT2D eigenvalue weighted by atomic mass is 16.5. The third-order valence-electron chi connectivity index (χ3n) is 7.27. The zero-order valence-corrected chi connectivity index (χ0v) is 25.2. The monoisotopic (exact) mass is 596 g/mol. The van der Waals surface area contributed by atoms with Crippen molar-refractivity contribution in [1.29, 1.82) is 10.7 Å². The van der Waals surface area contributed by atoms with E-state index in [9.17, 15) is 14.4 Å². The van der Waals surface area contributed by atoms with Gasteiger partial charge in [-0.05, 0) is 76.5 Å². The summed E-state index contributed by atoms with van der Waals surface area (Å²) in [5.74, 6) is 0.140. The van der Waals surface area contributed by atoms with Crippen LogP contribution in [0.25, 0.3) is 0 Å². The van der Waals surface area contributed by atoms with Crippen molar-refractivity contribution >= 4 is 35.7 Å². The van der Waals surface area contributed by atoms with Crippen molar-refractivity contribution < 1.29 is 19.1 Å². The van der Waals surface area contributed by atoms with Gasteiger partial charge < -0.3 is 26.5 Å². The van der Waals surface area contributed by atoms with Crippen LogP contribution in [-0.2, 0) is 9.59 Å². The van der Waals surface area contributed by atoms with E-state index in [0.717, 1.165) is 31.4 Å². The molecule has 1 saturated carbocycles. The molecular formula is C34H40N6O4. The van der Waals surface area contributed by atoms with Crippen LogP contribution in [0.4, 0.5) is 11.4 Å². The van der Waals surface area contributed by atoms with E-state index in [1.807, 2.05) is 61.3 Å². The van der Waals surface area contributed by atoms with Crippen LogP contribution in [0.1, 0.15) is 48.5 Å². The van der Waals surface area contributed by atoms with Crippen molar-refractivity contribution in [3.63, 3.8) is 0 Å². The molecule has 2 unspecified atom stereocenters. The van der Waals surface area contributed by atoms with E-state index in [1.165, 1.54) is 6.21 Å². The van der Waals surface area contributed by atoms with Gasteiger partial charge >= 0.3 is 0 Å². The van der Waals surface area contributed by atoms with Gasteiger partial charge in [0.25, 0.3) is 0 Å². The molecule has 44 heavy (non-hydrogen) atoms. The number of ether oxygens (including phenoxy) is 1. The highest BCUT2D eigenvalue weighted by Crippen LogP contribution is 2.45. The molecule has 2 aliphatic rings. The number of aldehydes is 1. The third-order valence-corrected chi connectivity index (χ3v) is 7.27. The molecule has 3 aromatic rings. The van der Waals surface area contributed by atoms with E-state index in [1.54, 1.807) is 36.4 Å². The molecule has 5 rings (SSSR count). The Balaban J connectivity index is 0.000000285. The summed E-state index contributed by atoms with van der Waals surface area (Å²) >= 11 is 0. The summed E-state index contributed by atoms with van der Waals surface area (Å²) in [6, 6.07) is 26.2. The van der Waals surface area contributed by atoms with Gasteiger partial charge in [-0.25, -0.2) is 0 Å². The smallest absolute Gasteiger partial charge is 0.240 e. The molecule has 230 valence electrons. The lowest BCUT2D eigenvalue weighted by Crippen LogP contribution is -2.40. The van der Waals surface area contributed by atoms with Gasteiger partial charge in [-0.15, -0.1) is 0 Å². The van der Waals surface area contributed by atoms with Crippen molar-refractivity contribution in [3.05, 3.63) is 90.0 Å². The SMILES string of the molecule is CC(COc1ccc(Nc2cccc(C=O)c2)c(C=N)c1)NC(=O)C1(C#N)CC1.CN1CCCC1C(N)=O.c1ccccc1. The van der Waals surface area contributed by atoms with Crippen LogP contribution < -0.4 is 21.1 Å². The van der Waals surface area contributed by atoms with Gasteiger partial charge in [-0.2, -0.15) is 5.26 Å². The predicted octanol–water partition coefficient (Wildman–Crippen LogP) is 4.68. The molecule has 10 nitrogen and oxygen atoms in total. The molecular weight excluding hydrogens is 556 g/mol. The number of likely N-dealkylation sites (tertiary alicyclic amines) is 1. The molecule has 1 heterocycles. The van der Waals surface area contributed by atoms with Crippen molar-refractivity contribution in [2.75, 3.05) is 25.5 Å². The number of rotatable bonds is 10. The van der Waals surface area contributed by atoms with Crippen LogP contribution in [-0.4, -0.2) is 61.5 Å². The molecule has 0 radical (unpaired) electrons. The molecule has 1 aliphatic heterocycles. The Morgan fingerprint density at radius 2 is 1.82 bits per heavy atom. The summed E-state index contributed by atoms with van der Waals surface area (Å²) < 4.78 is 5.74. The van der Waals surface area contributed by atoms with Crippen LogP contribution in [0.3, 0.4) is 0 Å². The first-order valence-corrected chi connectivity index (χ1v) is 14.5. The minimum Gasteiger partial charge on any atom is -0.491 e. The predicted molar refractivity (Wildman–Crippen MR) is 171 cm³/mol. The summed E-state index contributed by atoms with van der Waals surface area (Å²) in [7, 11) is 1.93. The number of nitrogens with zero attached hydrogens (tertiary/aromatic N) is 2. The number of likely N-dealkylation sites (N-methyl/N-ethyl adjacent to an activating group) is 1.